The molecule has 7 aromatic carbocycles. The number of hydrogen-bond acceptors (Lipinski definition) is 4. The molecule has 262 valence electrons. The quantitative estimate of drug-likeness (QED) is 0.172. The molecule has 11 rings (SSSR count). The summed E-state index contributed by atoms with van der Waals surface area (Å²) in [5.74, 6) is 2.70. The maximum Gasteiger partial charge on any atom is 0.164 e. The summed E-state index contributed by atoms with van der Waals surface area (Å²) in [6.07, 6.45) is 1.90. The fourth-order valence-corrected chi connectivity index (χ4v) is 8.17. The van der Waals surface area contributed by atoms with E-state index < -0.39 is 0 Å². The van der Waals surface area contributed by atoms with Gasteiger partial charge in [0.2, 0.25) is 0 Å². The van der Waals surface area contributed by atoms with Crippen molar-refractivity contribution >= 4 is 43.6 Å². The molecule has 56 heavy (non-hydrogen) atoms. The normalized spacial score (nSPS) is 11.6. The fourth-order valence-electron chi connectivity index (χ4n) is 8.17. The number of aromatic nitrogens is 6. The maximum absolute atomic E-state index is 5.07. The Labute approximate surface area is 322 Å². The van der Waals surface area contributed by atoms with Crippen LogP contribution in [-0.4, -0.2) is 29.1 Å². The lowest BCUT2D eigenvalue weighted by Crippen LogP contribution is -2.01. The van der Waals surface area contributed by atoms with E-state index in [2.05, 4.69) is 130 Å². The minimum atomic E-state index is 0.611. The monoisotopic (exact) mass is 716 g/mol. The predicted octanol–water partition coefficient (Wildman–Crippen LogP) is 12.1. The van der Waals surface area contributed by atoms with Gasteiger partial charge in [-0.25, -0.2) is 19.9 Å². The van der Waals surface area contributed by atoms with Crippen molar-refractivity contribution < 1.29 is 0 Å². The second-order valence-electron chi connectivity index (χ2n) is 13.9. The van der Waals surface area contributed by atoms with Crippen molar-refractivity contribution in [1.82, 2.24) is 29.1 Å². The lowest BCUT2D eigenvalue weighted by Gasteiger charge is -2.13. The average molecular weight is 717 g/mol. The van der Waals surface area contributed by atoms with E-state index in [4.69, 9.17) is 19.9 Å². The summed E-state index contributed by atoms with van der Waals surface area (Å²) in [4.78, 5) is 20.1. The molecular formula is C50H32N6. The summed E-state index contributed by atoms with van der Waals surface area (Å²) >= 11 is 0. The van der Waals surface area contributed by atoms with E-state index in [0.29, 0.717) is 17.5 Å². The van der Waals surface area contributed by atoms with Gasteiger partial charge >= 0.3 is 0 Å². The summed E-state index contributed by atoms with van der Waals surface area (Å²) in [6.45, 7) is 0. The number of para-hydroxylation sites is 3. The maximum atomic E-state index is 5.07. The van der Waals surface area contributed by atoms with Crippen molar-refractivity contribution in [3.63, 3.8) is 0 Å². The SMILES string of the molecule is c1ccc(-c2nc(-c3ccccc3)nc(-c3ccccc3-c3ccnc(-n4c5ccccc5c5c4ccc4c6ccccc6n(-c6ccccc6)c45)c3)n2)cc1. The summed E-state index contributed by atoms with van der Waals surface area (Å²) in [7, 11) is 0. The van der Waals surface area contributed by atoms with Crippen LogP contribution in [0.15, 0.2) is 194 Å². The van der Waals surface area contributed by atoms with Gasteiger partial charge in [0.1, 0.15) is 5.82 Å². The second-order valence-corrected chi connectivity index (χ2v) is 13.9. The number of fused-ring (bicyclic) bond motifs is 7. The lowest BCUT2D eigenvalue weighted by molar-refractivity contribution is 1.07. The van der Waals surface area contributed by atoms with Crippen molar-refractivity contribution in [2.75, 3.05) is 0 Å². The van der Waals surface area contributed by atoms with Crippen LogP contribution in [0.4, 0.5) is 0 Å². The highest BCUT2D eigenvalue weighted by Gasteiger charge is 2.22. The topological polar surface area (TPSA) is 61.4 Å². The molecule has 0 radical (unpaired) electrons. The third kappa shape index (κ3) is 5.11. The molecule has 6 nitrogen and oxygen atoms in total. The molecule has 0 spiro atoms. The summed E-state index contributed by atoms with van der Waals surface area (Å²) < 4.78 is 4.71. The molecule has 0 saturated heterocycles. The highest BCUT2D eigenvalue weighted by molar-refractivity contribution is 6.26. The number of benzene rings is 7. The minimum Gasteiger partial charge on any atom is -0.309 e. The molecule has 0 unspecified atom stereocenters. The molecule has 0 aliphatic carbocycles. The Morgan fingerprint density at radius 1 is 0.357 bits per heavy atom. The standard InChI is InChI=1S/C50H32N6/c1-4-16-33(17-5-1)48-52-49(34-18-6-2-7-19-34)54-50(53-48)40-24-11-10-22-37(40)35-30-31-51-45(32-35)56-43-27-15-13-25-41(43)46-44(56)29-28-39-38-23-12-14-26-42(38)55(47(39)46)36-20-8-3-9-21-36/h1-32H. The molecule has 0 atom stereocenters. The Hall–Kier alpha value is -7.70. The smallest absolute Gasteiger partial charge is 0.164 e. The largest absolute Gasteiger partial charge is 0.309 e. The van der Waals surface area contributed by atoms with Crippen molar-refractivity contribution in [2.45, 2.75) is 0 Å². The van der Waals surface area contributed by atoms with Crippen LogP contribution in [0.5, 0.6) is 0 Å². The Kier molecular flexibility index (Phi) is 7.38. The van der Waals surface area contributed by atoms with Crippen LogP contribution in [0.2, 0.25) is 0 Å². The molecule has 11 aromatic rings. The number of hydrogen-bond donors (Lipinski definition) is 0. The molecule has 0 amide bonds. The van der Waals surface area contributed by atoms with Crippen LogP contribution in [-0.2, 0) is 0 Å². The van der Waals surface area contributed by atoms with Gasteiger partial charge in [-0.15, -0.1) is 0 Å². The van der Waals surface area contributed by atoms with Crippen molar-refractivity contribution in [2.24, 2.45) is 0 Å². The molecular weight excluding hydrogens is 685 g/mol. The lowest BCUT2D eigenvalue weighted by atomic mass is 9.99. The zero-order valence-electron chi connectivity index (χ0n) is 30.2. The zero-order valence-corrected chi connectivity index (χ0v) is 30.2. The Morgan fingerprint density at radius 3 is 1.61 bits per heavy atom. The number of nitrogens with zero attached hydrogens (tertiary/aromatic N) is 6. The van der Waals surface area contributed by atoms with Gasteiger partial charge in [0.05, 0.1) is 22.1 Å². The van der Waals surface area contributed by atoms with Gasteiger partial charge in [0.15, 0.2) is 17.5 Å². The Bertz CT molecular complexity index is 3180. The van der Waals surface area contributed by atoms with E-state index in [1.165, 1.54) is 32.6 Å². The van der Waals surface area contributed by atoms with Crippen LogP contribution >= 0.6 is 0 Å². The van der Waals surface area contributed by atoms with Gasteiger partial charge in [0.25, 0.3) is 0 Å². The van der Waals surface area contributed by atoms with Gasteiger partial charge in [-0.2, -0.15) is 0 Å². The minimum absolute atomic E-state index is 0.611. The highest BCUT2D eigenvalue weighted by atomic mass is 15.1. The first-order chi connectivity index (χ1) is 27.8. The van der Waals surface area contributed by atoms with E-state index in [1.54, 1.807) is 0 Å². The highest BCUT2D eigenvalue weighted by Crippen LogP contribution is 2.42. The third-order valence-electron chi connectivity index (χ3n) is 10.6. The first-order valence-corrected chi connectivity index (χ1v) is 18.7. The van der Waals surface area contributed by atoms with E-state index in [0.717, 1.165) is 50.4 Å². The van der Waals surface area contributed by atoms with Gasteiger partial charge in [-0.1, -0.05) is 146 Å². The number of pyridine rings is 1. The van der Waals surface area contributed by atoms with E-state index >= 15 is 0 Å². The van der Waals surface area contributed by atoms with E-state index in [-0.39, 0.29) is 0 Å². The third-order valence-corrected chi connectivity index (χ3v) is 10.6. The van der Waals surface area contributed by atoms with Gasteiger partial charge < -0.3 is 4.57 Å². The predicted molar refractivity (Wildman–Crippen MR) is 228 cm³/mol. The van der Waals surface area contributed by atoms with Crippen molar-refractivity contribution in [1.29, 1.82) is 0 Å². The summed E-state index contributed by atoms with van der Waals surface area (Å²) in [6, 6.07) is 65.3. The molecule has 0 bridgehead atoms. The number of rotatable bonds is 6. The van der Waals surface area contributed by atoms with E-state index in [9.17, 15) is 0 Å². The molecule has 0 saturated carbocycles. The van der Waals surface area contributed by atoms with Gasteiger partial charge in [-0.05, 0) is 53.6 Å². The second kappa shape index (κ2) is 13.0. The fraction of sp³-hybridized carbons (Fsp3) is 0. The first kappa shape index (κ1) is 31.8. The van der Waals surface area contributed by atoms with E-state index in [1.807, 2.05) is 72.9 Å². The van der Waals surface area contributed by atoms with Crippen LogP contribution < -0.4 is 0 Å². The van der Waals surface area contributed by atoms with Crippen LogP contribution in [0, 0.1) is 0 Å². The Morgan fingerprint density at radius 2 is 0.911 bits per heavy atom. The molecule has 4 heterocycles. The average Bonchev–Trinajstić information content (AvgIpc) is 3.80. The summed E-state index contributed by atoms with van der Waals surface area (Å²) in [5.41, 5.74) is 10.5. The molecule has 0 aliphatic heterocycles. The van der Waals surface area contributed by atoms with Crippen LogP contribution in [0.1, 0.15) is 0 Å². The summed E-state index contributed by atoms with van der Waals surface area (Å²) in [5, 5.41) is 4.81. The van der Waals surface area contributed by atoms with Crippen LogP contribution in [0.3, 0.4) is 0 Å². The molecule has 0 N–H and O–H groups in total. The molecule has 6 heteroatoms. The van der Waals surface area contributed by atoms with Crippen LogP contribution in [0.25, 0.3) is 100 Å². The first-order valence-electron chi connectivity index (χ1n) is 18.7. The van der Waals surface area contributed by atoms with Crippen molar-refractivity contribution in [3.8, 4) is 56.8 Å². The zero-order chi connectivity index (χ0) is 37.0. The molecule has 4 aromatic heterocycles. The molecule has 0 aliphatic rings. The Balaban J connectivity index is 1.13. The molecule has 0 fully saturated rings. The van der Waals surface area contributed by atoms with Crippen molar-refractivity contribution in [3.05, 3.63) is 194 Å². The van der Waals surface area contributed by atoms with Gasteiger partial charge in [0, 0.05) is 50.1 Å². The van der Waals surface area contributed by atoms with Gasteiger partial charge in [-0.3, -0.25) is 4.57 Å².